The normalized spacial score (nSPS) is 12.2. The van der Waals surface area contributed by atoms with E-state index in [-0.39, 0.29) is 11.7 Å². The first kappa shape index (κ1) is 14.5. The Hall–Kier alpha value is -1.87. The van der Waals surface area contributed by atoms with Gasteiger partial charge >= 0.3 is 0 Å². The van der Waals surface area contributed by atoms with Crippen molar-refractivity contribution in [1.29, 1.82) is 0 Å². The maximum Gasteiger partial charge on any atom is 0.123 e. The molecule has 2 aromatic carbocycles. The number of halogens is 1. The van der Waals surface area contributed by atoms with Crippen molar-refractivity contribution in [3.05, 3.63) is 65.0 Å². The molecule has 0 radical (unpaired) electrons. The molecule has 106 valence electrons. The summed E-state index contributed by atoms with van der Waals surface area (Å²) in [6.45, 7) is 2.51. The molecule has 1 atom stereocenters. The van der Waals surface area contributed by atoms with Crippen LogP contribution < -0.4 is 10.5 Å². The summed E-state index contributed by atoms with van der Waals surface area (Å²) < 4.78 is 18.8. The van der Waals surface area contributed by atoms with E-state index in [4.69, 9.17) is 10.5 Å². The molecule has 2 aromatic rings. The minimum Gasteiger partial charge on any atom is -0.496 e. The molecule has 0 aliphatic rings. The third-order valence-electron chi connectivity index (χ3n) is 3.48. The Labute approximate surface area is 119 Å². The summed E-state index contributed by atoms with van der Waals surface area (Å²) in [5, 5.41) is 0. The van der Waals surface area contributed by atoms with Crippen molar-refractivity contribution in [1.82, 2.24) is 0 Å². The molecule has 0 spiro atoms. The first-order valence-corrected chi connectivity index (χ1v) is 6.73. The zero-order chi connectivity index (χ0) is 14.5. The van der Waals surface area contributed by atoms with Crippen LogP contribution in [0.5, 0.6) is 5.75 Å². The standard InChI is InChI=1S/C17H20FNO/c1-12-4-3-5-13(8-12)9-14(11-19)16-10-15(18)6-7-17(16)20-2/h3-8,10,14H,9,11,19H2,1-2H3. The van der Waals surface area contributed by atoms with Crippen molar-refractivity contribution in [2.45, 2.75) is 19.3 Å². The van der Waals surface area contributed by atoms with Crippen molar-refractivity contribution in [2.75, 3.05) is 13.7 Å². The lowest BCUT2D eigenvalue weighted by molar-refractivity contribution is 0.403. The molecule has 0 heterocycles. The molecular formula is C17H20FNO. The second-order valence-corrected chi connectivity index (χ2v) is 5.01. The fraction of sp³-hybridized carbons (Fsp3) is 0.294. The van der Waals surface area contributed by atoms with Gasteiger partial charge in [-0.15, -0.1) is 0 Å². The monoisotopic (exact) mass is 273 g/mol. The molecule has 0 aliphatic carbocycles. The maximum absolute atomic E-state index is 13.5. The number of methoxy groups -OCH3 is 1. The first-order valence-electron chi connectivity index (χ1n) is 6.73. The van der Waals surface area contributed by atoms with Gasteiger partial charge in [0.2, 0.25) is 0 Å². The Morgan fingerprint density at radius 2 is 2.00 bits per heavy atom. The molecule has 2 rings (SSSR count). The Bertz CT molecular complexity index is 583. The van der Waals surface area contributed by atoms with Crippen molar-refractivity contribution in [2.24, 2.45) is 5.73 Å². The Morgan fingerprint density at radius 3 is 2.65 bits per heavy atom. The molecule has 0 bridgehead atoms. The Balaban J connectivity index is 2.30. The van der Waals surface area contributed by atoms with Gasteiger partial charge in [0.1, 0.15) is 11.6 Å². The number of hydrogen-bond acceptors (Lipinski definition) is 2. The van der Waals surface area contributed by atoms with Crippen molar-refractivity contribution >= 4 is 0 Å². The van der Waals surface area contributed by atoms with Gasteiger partial charge < -0.3 is 10.5 Å². The van der Waals surface area contributed by atoms with Crippen molar-refractivity contribution in [3.63, 3.8) is 0 Å². The molecule has 1 unspecified atom stereocenters. The van der Waals surface area contributed by atoms with E-state index >= 15 is 0 Å². The van der Waals surface area contributed by atoms with Gasteiger partial charge in [0.05, 0.1) is 7.11 Å². The van der Waals surface area contributed by atoms with Crippen LogP contribution in [-0.4, -0.2) is 13.7 Å². The third kappa shape index (κ3) is 3.36. The summed E-state index contributed by atoms with van der Waals surface area (Å²) >= 11 is 0. The summed E-state index contributed by atoms with van der Waals surface area (Å²) in [6.07, 6.45) is 0.776. The molecule has 20 heavy (non-hydrogen) atoms. The van der Waals surface area contributed by atoms with Crippen LogP contribution in [0.15, 0.2) is 42.5 Å². The minimum absolute atomic E-state index is 0.0439. The first-order chi connectivity index (χ1) is 9.63. The second kappa shape index (κ2) is 6.53. The molecule has 0 fully saturated rings. The predicted molar refractivity (Wildman–Crippen MR) is 79.6 cm³/mol. The van der Waals surface area contributed by atoms with Gasteiger partial charge in [0.25, 0.3) is 0 Å². The van der Waals surface area contributed by atoms with Crippen molar-refractivity contribution < 1.29 is 9.13 Å². The lowest BCUT2D eigenvalue weighted by Gasteiger charge is -2.18. The summed E-state index contributed by atoms with van der Waals surface area (Å²) in [6, 6.07) is 12.9. The number of ether oxygens (including phenoxy) is 1. The highest BCUT2D eigenvalue weighted by Gasteiger charge is 2.16. The molecule has 0 aromatic heterocycles. The summed E-state index contributed by atoms with van der Waals surface area (Å²) in [5.41, 5.74) is 9.13. The van der Waals surface area contributed by atoms with Crippen LogP contribution in [0.1, 0.15) is 22.6 Å². The smallest absolute Gasteiger partial charge is 0.123 e. The van der Waals surface area contributed by atoms with Gasteiger partial charge in [-0.2, -0.15) is 0 Å². The van der Waals surface area contributed by atoms with E-state index in [1.807, 2.05) is 6.07 Å². The zero-order valence-electron chi connectivity index (χ0n) is 11.9. The lowest BCUT2D eigenvalue weighted by Crippen LogP contribution is -2.16. The summed E-state index contributed by atoms with van der Waals surface area (Å²) in [7, 11) is 1.59. The predicted octanol–water partition coefficient (Wildman–Crippen LogP) is 3.43. The van der Waals surface area contributed by atoms with Gasteiger partial charge in [-0.05, 0) is 43.7 Å². The van der Waals surface area contributed by atoms with Crippen LogP contribution in [-0.2, 0) is 6.42 Å². The van der Waals surface area contributed by atoms with Crippen molar-refractivity contribution in [3.8, 4) is 5.75 Å². The quantitative estimate of drug-likeness (QED) is 0.906. The fourth-order valence-corrected chi connectivity index (χ4v) is 2.47. The van der Waals surface area contributed by atoms with E-state index in [9.17, 15) is 4.39 Å². The molecule has 3 heteroatoms. The summed E-state index contributed by atoms with van der Waals surface area (Å²) in [4.78, 5) is 0. The van der Waals surface area contributed by atoms with E-state index in [0.29, 0.717) is 12.3 Å². The van der Waals surface area contributed by atoms with Crippen LogP contribution in [0.4, 0.5) is 4.39 Å². The van der Waals surface area contributed by atoms with E-state index in [1.165, 1.54) is 23.3 Å². The SMILES string of the molecule is COc1ccc(F)cc1C(CN)Cc1cccc(C)c1. The number of aryl methyl sites for hydroxylation is 1. The van der Waals surface area contributed by atoms with Crippen LogP contribution in [0.25, 0.3) is 0 Å². The molecule has 0 aliphatic heterocycles. The van der Waals surface area contributed by atoms with Crippen LogP contribution in [0.2, 0.25) is 0 Å². The highest BCUT2D eigenvalue weighted by molar-refractivity contribution is 5.38. The molecular weight excluding hydrogens is 253 g/mol. The Kier molecular flexibility index (Phi) is 4.74. The average molecular weight is 273 g/mol. The van der Waals surface area contributed by atoms with Crippen LogP contribution in [0.3, 0.4) is 0 Å². The average Bonchev–Trinajstić information content (AvgIpc) is 2.45. The van der Waals surface area contributed by atoms with Gasteiger partial charge in [0.15, 0.2) is 0 Å². The lowest BCUT2D eigenvalue weighted by atomic mass is 9.91. The maximum atomic E-state index is 13.5. The molecule has 2 N–H and O–H groups in total. The largest absolute Gasteiger partial charge is 0.496 e. The second-order valence-electron chi connectivity index (χ2n) is 5.01. The topological polar surface area (TPSA) is 35.2 Å². The van der Waals surface area contributed by atoms with Gasteiger partial charge in [0, 0.05) is 11.5 Å². The molecule has 0 saturated heterocycles. The van der Waals surface area contributed by atoms with Gasteiger partial charge in [-0.3, -0.25) is 0 Å². The van der Waals surface area contributed by atoms with E-state index in [2.05, 4.69) is 25.1 Å². The number of hydrogen-bond donors (Lipinski definition) is 1. The van der Waals surface area contributed by atoms with E-state index in [0.717, 1.165) is 12.0 Å². The van der Waals surface area contributed by atoms with Crippen LogP contribution in [0, 0.1) is 12.7 Å². The Morgan fingerprint density at radius 1 is 1.20 bits per heavy atom. The van der Waals surface area contributed by atoms with E-state index < -0.39 is 0 Å². The minimum atomic E-state index is -0.261. The highest BCUT2D eigenvalue weighted by Crippen LogP contribution is 2.29. The molecule has 0 saturated carbocycles. The molecule has 0 amide bonds. The zero-order valence-corrected chi connectivity index (χ0v) is 11.9. The number of nitrogens with two attached hydrogens (primary N) is 1. The van der Waals surface area contributed by atoms with Gasteiger partial charge in [-0.1, -0.05) is 29.8 Å². The number of rotatable bonds is 5. The fourth-order valence-electron chi connectivity index (χ4n) is 2.47. The highest BCUT2D eigenvalue weighted by atomic mass is 19.1. The van der Waals surface area contributed by atoms with Crippen LogP contribution >= 0.6 is 0 Å². The number of benzene rings is 2. The van der Waals surface area contributed by atoms with Gasteiger partial charge in [-0.25, -0.2) is 4.39 Å². The molecule has 2 nitrogen and oxygen atoms in total. The van der Waals surface area contributed by atoms with E-state index in [1.54, 1.807) is 13.2 Å². The summed E-state index contributed by atoms with van der Waals surface area (Å²) in [5.74, 6) is 0.473. The third-order valence-corrected chi connectivity index (χ3v) is 3.48.